The molecule has 0 aromatic rings. The predicted molar refractivity (Wildman–Crippen MR) is 77.3 cm³/mol. The van der Waals surface area contributed by atoms with Gasteiger partial charge in [-0.1, -0.05) is 64.0 Å². The zero-order valence-electron chi connectivity index (χ0n) is 11.8. The number of rotatable bonds is 12. The molecule has 0 aromatic carbocycles. The average molecular weight is 238 g/mol. The summed E-state index contributed by atoms with van der Waals surface area (Å²) in [5.41, 5.74) is 0. The molecular weight excluding hydrogens is 208 g/mol. The van der Waals surface area contributed by atoms with E-state index >= 15 is 0 Å². The Balaban J connectivity index is 3.56. The minimum Gasteiger partial charge on any atom is -0.381 e. The summed E-state index contributed by atoms with van der Waals surface area (Å²) in [7, 11) is 1.78. The van der Waals surface area contributed by atoms with Crippen LogP contribution < -0.4 is 0 Å². The first-order chi connectivity index (χ1) is 8.29. The summed E-state index contributed by atoms with van der Waals surface area (Å²) >= 11 is 0. The molecule has 0 fully saturated rings. The Bertz CT molecular complexity index is 178. The van der Waals surface area contributed by atoms with Crippen LogP contribution in [0.4, 0.5) is 0 Å². The molecule has 0 bridgehead atoms. The fourth-order valence-electron chi connectivity index (χ4n) is 2.17. The topological polar surface area (TPSA) is 9.23 Å². The lowest BCUT2D eigenvalue weighted by Crippen LogP contribution is -2.19. The molecule has 1 heteroatoms. The Labute approximate surface area is 108 Å². The molecule has 1 unspecified atom stereocenters. The van der Waals surface area contributed by atoms with E-state index in [0.29, 0.717) is 5.92 Å². The summed E-state index contributed by atoms with van der Waals surface area (Å²) in [4.78, 5) is 0. The molecule has 0 rings (SSSR count). The Kier molecular flexibility index (Phi) is 11.5. The van der Waals surface area contributed by atoms with Crippen molar-refractivity contribution in [2.75, 3.05) is 7.11 Å². The minimum absolute atomic E-state index is 0.264. The second-order valence-corrected chi connectivity index (χ2v) is 4.73. The van der Waals surface area contributed by atoms with Gasteiger partial charge in [0.1, 0.15) is 0 Å². The number of methoxy groups -OCH3 is 1. The lowest BCUT2D eigenvalue weighted by Gasteiger charge is -2.20. The molecule has 0 aliphatic heterocycles. The van der Waals surface area contributed by atoms with Crippen LogP contribution in [-0.2, 0) is 4.74 Å². The maximum atomic E-state index is 5.50. The quantitative estimate of drug-likeness (QED) is 0.338. The summed E-state index contributed by atoms with van der Waals surface area (Å²) in [6.45, 7) is 9.91. The highest BCUT2D eigenvalue weighted by Gasteiger charge is 2.14. The SMILES string of the molecule is C=CC(C=C)C(CCCCCCCCC)OC. The van der Waals surface area contributed by atoms with E-state index in [4.69, 9.17) is 4.74 Å². The highest BCUT2D eigenvalue weighted by atomic mass is 16.5. The maximum absolute atomic E-state index is 5.50. The third kappa shape index (κ3) is 8.20. The first kappa shape index (κ1) is 16.4. The van der Waals surface area contributed by atoms with E-state index in [0.717, 1.165) is 6.42 Å². The third-order valence-electron chi connectivity index (χ3n) is 3.37. The van der Waals surface area contributed by atoms with E-state index in [1.807, 2.05) is 12.2 Å². The first-order valence-corrected chi connectivity index (χ1v) is 7.08. The Hall–Kier alpha value is -0.560. The molecule has 0 aliphatic rings. The fraction of sp³-hybridized carbons (Fsp3) is 0.750. The number of hydrogen-bond acceptors (Lipinski definition) is 1. The molecule has 0 amide bonds. The third-order valence-corrected chi connectivity index (χ3v) is 3.37. The van der Waals surface area contributed by atoms with Crippen LogP contribution in [0.5, 0.6) is 0 Å². The molecule has 0 spiro atoms. The van der Waals surface area contributed by atoms with Crippen molar-refractivity contribution in [3.63, 3.8) is 0 Å². The summed E-state index contributed by atoms with van der Waals surface area (Å²) < 4.78 is 5.50. The predicted octanol–water partition coefficient (Wildman–Crippen LogP) is 5.13. The molecule has 0 heterocycles. The van der Waals surface area contributed by atoms with Gasteiger partial charge in [0.25, 0.3) is 0 Å². The van der Waals surface area contributed by atoms with Crippen LogP contribution in [-0.4, -0.2) is 13.2 Å². The molecule has 100 valence electrons. The summed E-state index contributed by atoms with van der Waals surface area (Å²) in [5, 5.41) is 0. The number of hydrogen-bond donors (Lipinski definition) is 0. The van der Waals surface area contributed by atoms with Crippen LogP contribution in [0.15, 0.2) is 25.3 Å². The smallest absolute Gasteiger partial charge is 0.0668 e. The summed E-state index contributed by atoms with van der Waals surface area (Å²) in [5.74, 6) is 0.292. The maximum Gasteiger partial charge on any atom is 0.0668 e. The molecule has 1 nitrogen and oxygen atoms in total. The van der Waals surface area contributed by atoms with Crippen LogP contribution in [0, 0.1) is 5.92 Å². The van der Waals surface area contributed by atoms with Crippen LogP contribution in [0.1, 0.15) is 58.3 Å². The van der Waals surface area contributed by atoms with Crippen molar-refractivity contribution >= 4 is 0 Å². The standard InChI is InChI=1S/C16H30O/c1-5-8-9-10-11-12-13-14-16(17-4)15(6-2)7-3/h6-7,15-16H,2-3,5,8-14H2,1,4H3. The highest BCUT2D eigenvalue weighted by molar-refractivity contribution is 4.96. The lowest BCUT2D eigenvalue weighted by atomic mass is 9.97. The van der Waals surface area contributed by atoms with Gasteiger partial charge in [0, 0.05) is 13.0 Å². The molecule has 1 atom stereocenters. The second-order valence-electron chi connectivity index (χ2n) is 4.73. The van der Waals surface area contributed by atoms with Crippen molar-refractivity contribution in [1.29, 1.82) is 0 Å². The van der Waals surface area contributed by atoms with Gasteiger partial charge < -0.3 is 4.74 Å². The van der Waals surface area contributed by atoms with Gasteiger partial charge in [-0.2, -0.15) is 0 Å². The van der Waals surface area contributed by atoms with Gasteiger partial charge in [0.2, 0.25) is 0 Å². The van der Waals surface area contributed by atoms with Crippen molar-refractivity contribution < 1.29 is 4.74 Å². The summed E-state index contributed by atoms with van der Waals surface area (Å²) in [6, 6.07) is 0. The lowest BCUT2D eigenvalue weighted by molar-refractivity contribution is 0.0733. The Morgan fingerprint density at radius 3 is 1.94 bits per heavy atom. The zero-order valence-corrected chi connectivity index (χ0v) is 11.8. The van der Waals surface area contributed by atoms with Crippen LogP contribution >= 0.6 is 0 Å². The van der Waals surface area contributed by atoms with E-state index in [1.165, 1.54) is 44.9 Å². The molecule has 0 aromatic heterocycles. The van der Waals surface area contributed by atoms with Gasteiger partial charge in [-0.25, -0.2) is 0 Å². The average Bonchev–Trinajstić information content (AvgIpc) is 2.36. The van der Waals surface area contributed by atoms with E-state index < -0.39 is 0 Å². The number of ether oxygens (including phenoxy) is 1. The van der Waals surface area contributed by atoms with E-state index in [1.54, 1.807) is 7.11 Å². The molecule has 0 saturated carbocycles. The van der Waals surface area contributed by atoms with E-state index in [-0.39, 0.29) is 6.10 Å². The van der Waals surface area contributed by atoms with Crippen molar-refractivity contribution in [3.8, 4) is 0 Å². The molecule has 0 N–H and O–H groups in total. The molecule has 0 aliphatic carbocycles. The van der Waals surface area contributed by atoms with Crippen molar-refractivity contribution in [2.45, 2.75) is 64.4 Å². The largest absolute Gasteiger partial charge is 0.381 e. The van der Waals surface area contributed by atoms with Crippen molar-refractivity contribution in [2.24, 2.45) is 5.92 Å². The monoisotopic (exact) mass is 238 g/mol. The van der Waals surface area contributed by atoms with Gasteiger partial charge in [-0.15, -0.1) is 13.2 Å². The van der Waals surface area contributed by atoms with Crippen LogP contribution in [0.2, 0.25) is 0 Å². The van der Waals surface area contributed by atoms with Gasteiger partial charge in [0.15, 0.2) is 0 Å². The van der Waals surface area contributed by atoms with Gasteiger partial charge in [-0.3, -0.25) is 0 Å². The number of unbranched alkanes of at least 4 members (excludes halogenated alkanes) is 6. The van der Waals surface area contributed by atoms with Crippen molar-refractivity contribution in [3.05, 3.63) is 25.3 Å². The molecular formula is C16H30O. The highest BCUT2D eigenvalue weighted by Crippen LogP contribution is 2.17. The van der Waals surface area contributed by atoms with Crippen molar-refractivity contribution in [1.82, 2.24) is 0 Å². The molecule has 0 radical (unpaired) electrons. The Morgan fingerprint density at radius 2 is 1.47 bits per heavy atom. The fourth-order valence-corrected chi connectivity index (χ4v) is 2.17. The molecule has 17 heavy (non-hydrogen) atoms. The molecule has 0 saturated heterocycles. The minimum atomic E-state index is 0.264. The van der Waals surface area contributed by atoms with Crippen LogP contribution in [0.25, 0.3) is 0 Å². The van der Waals surface area contributed by atoms with E-state index in [2.05, 4.69) is 20.1 Å². The second kappa shape index (κ2) is 11.9. The zero-order chi connectivity index (χ0) is 12.9. The van der Waals surface area contributed by atoms with Crippen LogP contribution in [0.3, 0.4) is 0 Å². The summed E-state index contributed by atoms with van der Waals surface area (Å²) in [6.07, 6.45) is 14.7. The van der Waals surface area contributed by atoms with E-state index in [9.17, 15) is 0 Å². The van der Waals surface area contributed by atoms with Gasteiger partial charge in [0.05, 0.1) is 6.10 Å². The normalized spacial score (nSPS) is 12.6. The Morgan fingerprint density at radius 1 is 0.941 bits per heavy atom. The first-order valence-electron chi connectivity index (χ1n) is 7.08. The van der Waals surface area contributed by atoms with Gasteiger partial charge in [-0.05, 0) is 6.42 Å². The van der Waals surface area contributed by atoms with Gasteiger partial charge >= 0.3 is 0 Å².